The zero-order chi connectivity index (χ0) is 8.39. The smallest absolute Gasteiger partial charge is 0.0921 e. The molecule has 0 fully saturated rings. The molecule has 0 atom stereocenters. The summed E-state index contributed by atoms with van der Waals surface area (Å²) in [5.74, 6) is 0. The van der Waals surface area contributed by atoms with Crippen LogP contribution in [0.25, 0.3) is 0 Å². The Morgan fingerprint density at radius 1 is 1.58 bits per heavy atom. The predicted octanol–water partition coefficient (Wildman–Crippen LogP) is 2.37. The minimum atomic E-state index is 0.976. The maximum Gasteiger partial charge on any atom is 0.0921 e. The first-order chi connectivity index (χ1) is 5.86. The van der Waals surface area contributed by atoms with Gasteiger partial charge in [0.05, 0.1) is 6.33 Å². The largest absolute Gasteiger partial charge is 0.348 e. The number of thiophene rings is 1. The zero-order valence-electron chi connectivity index (χ0n) is 6.87. The molecule has 0 unspecified atom stereocenters. The van der Waals surface area contributed by atoms with Gasteiger partial charge >= 0.3 is 0 Å². The lowest BCUT2D eigenvalue weighted by Crippen LogP contribution is -1.85. The van der Waals surface area contributed by atoms with Gasteiger partial charge in [-0.05, 0) is 23.9 Å². The van der Waals surface area contributed by atoms with Crippen LogP contribution >= 0.6 is 11.3 Å². The first-order valence-corrected chi connectivity index (χ1v) is 4.74. The van der Waals surface area contributed by atoms with Crippen LogP contribution < -0.4 is 0 Å². The van der Waals surface area contributed by atoms with Crippen molar-refractivity contribution >= 4 is 11.3 Å². The van der Waals surface area contributed by atoms with Gasteiger partial charge in [0.15, 0.2) is 0 Å². The van der Waals surface area contributed by atoms with Crippen molar-refractivity contribution in [2.45, 2.75) is 13.3 Å². The maximum atomic E-state index is 3.98. The molecular weight excluding hydrogens is 168 g/mol. The van der Waals surface area contributed by atoms with Crippen molar-refractivity contribution in [1.29, 1.82) is 0 Å². The van der Waals surface area contributed by atoms with Gasteiger partial charge in [0, 0.05) is 23.2 Å². The fourth-order valence-corrected chi connectivity index (χ4v) is 2.07. The van der Waals surface area contributed by atoms with Crippen molar-refractivity contribution < 1.29 is 0 Å². The van der Waals surface area contributed by atoms with Gasteiger partial charge in [-0.3, -0.25) is 0 Å². The molecule has 62 valence electrons. The van der Waals surface area contributed by atoms with E-state index in [4.69, 9.17) is 0 Å². The van der Waals surface area contributed by atoms with Crippen molar-refractivity contribution in [3.8, 4) is 0 Å². The molecular formula is C9H10N2S. The Kier molecular flexibility index (Phi) is 1.96. The van der Waals surface area contributed by atoms with Crippen LogP contribution in [0, 0.1) is 6.92 Å². The zero-order valence-corrected chi connectivity index (χ0v) is 7.69. The van der Waals surface area contributed by atoms with Gasteiger partial charge in [-0.25, -0.2) is 4.98 Å². The summed E-state index contributed by atoms with van der Waals surface area (Å²) in [5.41, 5.74) is 2.55. The highest BCUT2D eigenvalue weighted by molar-refractivity contribution is 7.10. The lowest BCUT2D eigenvalue weighted by Gasteiger charge is -1.94. The summed E-state index contributed by atoms with van der Waals surface area (Å²) in [7, 11) is 0. The van der Waals surface area contributed by atoms with Crippen LogP contribution in [-0.4, -0.2) is 9.97 Å². The highest BCUT2D eigenvalue weighted by Gasteiger charge is 2.01. The molecule has 2 aromatic heterocycles. The van der Waals surface area contributed by atoms with Crippen molar-refractivity contribution in [2.75, 3.05) is 0 Å². The predicted molar refractivity (Wildman–Crippen MR) is 50.4 cm³/mol. The molecule has 2 nitrogen and oxygen atoms in total. The molecule has 1 N–H and O–H groups in total. The van der Waals surface area contributed by atoms with E-state index in [0.29, 0.717) is 0 Å². The van der Waals surface area contributed by atoms with Gasteiger partial charge in [0.2, 0.25) is 0 Å². The molecule has 12 heavy (non-hydrogen) atoms. The van der Waals surface area contributed by atoms with Crippen molar-refractivity contribution in [3.05, 3.63) is 40.1 Å². The molecule has 0 radical (unpaired) electrons. The first-order valence-electron chi connectivity index (χ1n) is 3.86. The Morgan fingerprint density at radius 3 is 3.08 bits per heavy atom. The molecule has 0 aliphatic rings. The Balaban J connectivity index is 2.20. The minimum Gasteiger partial charge on any atom is -0.348 e. The number of nitrogens with one attached hydrogen (secondary N) is 1. The number of aromatic amines is 1. The molecule has 0 saturated heterocycles. The maximum absolute atomic E-state index is 3.98. The molecule has 0 aliphatic carbocycles. The van der Waals surface area contributed by atoms with E-state index >= 15 is 0 Å². The Labute approximate surface area is 75.3 Å². The average Bonchev–Trinajstić information content (AvgIpc) is 2.65. The van der Waals surface area contributed by atoms with Crippen LogP contribution in [0.3, 0.4) is 0 Å². The second-order valence-corrected chi connectivity index (χ2v) is 3.78. The van der Waals surface area contributed by atoms with Crippen LogP contribution in [0.1, 0.15) is 16.1 Å². The second-order valence-electron chi connectivity index (χ2n) is 2.78. The fraction of sp³-hybridized carbons (Fsp3) is 0.222. The topological polar surface area (TPSA) is 28.7 Å². The van der Waals surface area contributed by atoms with Crippen molar-refractivity contribution in [3.63, 3.8) is 0 Å². The fourth-order valence-electron chi connectivity index (χ4n) is 1.14. The molecule has 2 heterocycles. The van der Waals surface area contributed by atoms with Gasteiger partial charge in [0.1, 0.15) is 0 Å². The summed E-state index contributed by atoms with van der Waals surface area (Å²) in [5, 5.41) is 2.13. The highest BCUT2D eigenvalue weighted by Crippen LogP contribution is 2.18. The lowest BCUT2D eigenvalue weighted by atomic mass is 10.2. The highest BCUT2D eigenvalue weighted by atomic mass is 32.1. The molecule has 0 aliphatic heterocycles. The van der Waals surface area contributed by atoms with Crippen LogP contribution in [-0.2, 0) is 6.42 Å². The lowest BCUT2D eigenvalue weighted by molar-refractivity contribution is 1.12. The number of H-pyrrole nitrogens is 1. The Bertz CT molecular complexity index is 348. The van der Waals surface area contributed by atoms with Crippen molar-refractivity contribution in [2.24, 2.45) is 0 Å². The van der Waals surface area contributed by atoms with E-state index < -0.39 is 0 Å². The van der Waals surface area contributed by atoms with Gasteiger partial charge in [-0.15, -0.1) is 11.3 Å². The average molecular weight is 178 g/mol. The number of imidazole rings is 1. The summed E-state index contributed by atoms with van der Waals surface area (Å²) in [6.45, 7) is 2.14. The number of hydrogen-bond donors (Lipinski definition) is 1. The van der Waals surface area contributed by atoms with Gasteiger partial charge in [0.25, 0.3) is 0 Å². The number of hydrogen-bond acceptors (Lipinski definition) is 2. The van der Waals surface area contributed by atoms with Gasteiger partial charge in [-0.1, -0.05) is 0 Å². The molecule has 0 aromatic carbocycles. The van der Waals surface area contributed by atoms with E-state index in [1.54, 1.807) is 17.7 Å². The summed E-state index contributed by atoms with van der Waals surface area (Å²) in [6, 6.07) is 2.15. The molecule has 0 bridgehead atoms. The summed E-state index contributed by atoms with van der Waals surface area (Å²) in [6.07, 6.45) is 4.57. The number of aryl methyl sites for hydroxylation is 1. The van der Waals surface area contributed by atoms with E-state index in [-0.39, 0.29) is 0 Å². The number of nitrogens with zero attached hydrogens (tertiary/aromatic N) is 1. The third-order valence-electron chi connectivity index (χ3n) is 1.87. The summed E-state index contributed by atoms with van der Waals surface area (Å²) in [4.78, 5) is 8.50. The molecule has 0 spiro atoms. The van der Waals surface area contributed by atoms with E-state index in [1.807, 2.05) is 6.20 Å². The number of rotatable bonds is 2. The second kappa shape index (κ2) is 3.11. The van der Waals surface area contributed by atoms with Crippen molar-refractivity contribution in [1.82, 2.24) is 9.97 Å². The van der Waals surface area contributed by atoms with E-state index in [1.165, 1.54) is 16.1 Å². The number of aromatic nitrogens is 2. The normalized spacial score (nSPS) is 10.4. The molecule has 3 heteroatoms. The summed E-state index contributed by atoms with van der Waals surface area (Å²) < 4.78 is 0. The van der Waals surface area contributed by atoms with Crippen LogP contribution in [0.2, 0.25) is 0 Å². The minimum absolute atomic E-state index is 0.976. The Morgan fingerprint density at radius 2 is 2.50 bits per heavy atom. The van der Waals surface area contributed by atoms with E-state index in [0.717, 1.165) is 6.42 Å². The Hall–Kier alpha value is -1.09. The van der Waals surface area contributed by atoms with Crippen LogP contribution in [0.5, 0.6) is 0 Å². The quantitative estimate of drug-likeness (QED) is 0.751. The molecule has 0 saturated carbocycles. The van der Waals surface area contributed by atoms with E-state index in [2.05, 4.69) is 28.3 Å². The van der Waals surface area contributed by atoms with Gasteiger partial charge in [-0.2, -0.15) is 0 Å². The first kappa shape index (κ1) is 7.55. The third kappa shape index (κ3) is 1.41. The monoisotopic (exact) mass is 178 g/mol. The summed E-state index contributed by atoms with van der Waals surface area (Å²) >= 11 is 1.80. The molecule has 2 aromatic rings. The van der Waals surface area contributed by atoms with E-state index in [9.17, 15) is 0 Å². The standard InChI is InChI=1S/C9H10N2S/c1-7-2-3-12-9(7)4-8-5-10-6-11-8/h2-3,5-6H,4H2,1H3,(H,10,11). The van der Waals surface area contributed by atoms with Crippen LogP contribution in [0.4, 0.5) is 0 Å². The third-order valence-corrected chi connectivity index (χ3v) is 2.90. The van der Waals surface area contributed by atoms with Crippen LogP contribution in [0.15, 0.2) is 24.0 Å². The SMILES string of the molecule is Cc1ccsc1Cc1cnc[nH]1. The molecule has 2 rings (SSSR count). The van der Waals surface area contributed by atoms with Gasteiger partial charge < -0.3 is 4.98 Å². The molecule has 0 amide bonds.